The Morgan fingerprint density at radius 1 is 1.50 bits per heavy atom. The van der Waals surface area contributed by atoms with Crippen molar-refractivity contribution in [2.24, 2.45) is 7.05 Å². The minimum atomic E-state index is -0.0130. The number of rotatable bonds is 1. The van der Waals surface area contributed by atoms with Crippen LogP contribution in [0.15, 0.2) is 29.2 Å². The van der Waals surface area contributed by atoms with Gasteiger partial charge in [-0.05, 0) is 25.5 Å². The van der Waals surface area contributed by atoms with E-state index in [1.807, 2.05) is 22.9 Å². The highest BCUT2D eigenvalue weighted by Gasteiger charge is 2.18. The van der Waals surface area contributed by atoms with Gasteiger partial charge in [-0.25, -0.2) is 4.68 Å². The molecule has 3 rings (SSSR count). The second kappa shape index (κ2) is 4.01. The number of anilines is 1. The van der Waals surface area contributed by atoms with Crippen LogP contribution in [-0.4, -0.2) is 20.4 Å². The van der Waals surface area contributed by atoms with Crippen LogP contribution in [0.3, 0.4) is 0 Å². The van der Waals surface area contributed by atoms with Crippen LogP contribution in [0.2, 0.25) is 0 Å². The minimum absolute atomic E-state index is 0.0130. The van der Waals surface area contributed by atoms with Crippen LogP contribution in [0.25, 0.3) is 11.3 Å². The van der Waals surface area contributed by atoms with Crippen LogP contribution < -0.4 is 10.9 Å². The Kier molecular flexibility index (Phi) is 2.47. The van der Waals surface area contributed by atoms with Gasteiger partial charge < -0.3 is 9.88 Å². The van der Waals surface area contributed by atoms with Gasteiger partial charge >= 0.3 is 0 Å². The first-order valence-electron chi connectivity index (χ1n) is 6.15. The van der Waals surface area contributed by atoms with Crippen LogP contribution in [0.5, 0.6) is 0 Å². The van der Waals surface area contributed by atoms with Gasteiger partial charge in [-0.15, -0.1) is 0 Å². The third-order valence-electron chi connectivity index (χ3n) is 3.35. The highest BCUT2D eigenvalue weighted by Crippen LogP contribution is 2.23. The number of aryl methyl sites for hydroxylation is 2. The zero-order chi connectivity index (χ0) is 12.7. The Morgan fingerprint density at radius 2 is 2.33 bits per heavy atom. The van der Waals surface area contributed by atoms with E-state index in [0.717, 1.165) is 24.5 Å². The molecule has 1 atom stereocenters. The molecule has 0 aliphatic carbocycles. The number of nitrogens with zero attached hydrogens (tertiary/aromatic N) is 3. The quantitative estimate of drug-likeness (QED) is 0.826. The second-order valence-corrected chi connectivity index (χ2v) is 4.81. The molecule has 5 heteroatoms. The fourth-order valence-electron chi connectivity index (χ4n) is 2.27. The van der Waals surface area contributed by atoms with E-state index < -0.39 is 0 Å². The SMILES string of the molecule is CC1CCn2nc(-c3cccn(C)c3=O)cc2N1. The molecular weight excluding hydrogens is 228 g/mol. The van der Waals surface area contributed by atoms with Crippen LogP contribution in [0.4, 0.5) is 5.82 Å². The summed E-state index contributed by atoms with van der Waals surface area (Å²) in [4.78, 5) is 12.0. The molecule has 18 heavy (non-hydrogen) atoms. The first-order valence-corrected chi connectivity index (χ1v) is 6.15. The molecular formula is C13H16N4O. The standard InChI is InChI=1S/C13H16N4O/c1-9-5-7-17-12(14-9)8-11(15-17)10-4-3-6-16(2)13(10)18/h3-4,6,8-9,14H,5,7H2,1-2H3. The second-order valence-electron chi connectivity index (χ2n) is 4.81. The summed E-state index contributed by atoms with van der Waals surface area (Å²) < 4.78 is 3.51. The molecule has 1 N–H and O–H groups in total. The maximum atomic E-state index is 12.0. The third-order valence-corrected chi connectivity index (χ3v) is 3.35. The average Bonchev–Trinajstić information content (AvgIpc) is 2.75. The summed E-state index contributed by atoms with van der Waals surface area (Å²) in [6, 6.07) is 6.10. The minimum Gasteiger partial charge on any atom is -0.368 e. The average molecular weight is 244 g/mol. The van der Waals surface area contributed by atoms with Crippen molar-refractivity contribution in [1.82, 2.24) is 14.3 Å². The predicted octanol–water partition coefficient (Wildman–Crippen LogP) is 1.45. The predicted molar refractivity (Wildman–Crippen MR) is 70.6 cm³/mol. The molecule has 0 amide bonds. The van der Waals surface area contributed by atoms with Crippen LogP contribution in [-0.2, 0) is 13.6 Å². The van der Waals surface area contributed by atoms with E-state index in [-0.39, 0.29) is 5.56 Å². The summed E-state index contributed by atoms with van der Waals surface area (Å²) >= 11 is 0. The van der Waals surface area contributed by atoms with Gasteiger partial charge in [-0.1, -0.05) is 0 Å². The molecule has 0 fully saturated rings. The maximum Gasteiger partial charge on any atom is 0.259 e. The smallest absolute Gasteiger partial charge is 0.259 e. The number of aromatic nitrogens is 3. The van der Waals surface area contributed by atoms with Crippen molar-refractivity contribution < 1.29 is 0 Å². The molecule has 1 aliphatic heterocycles. The van der Waals surface area contributed by atoms with Gasteiger partial charge in [0, 0.05) is 31.9 Å². The van der Waals surface area contributed by atoms with E-state index in [1.165, 1.54) is 0 Å². The van der Waals surface area contributed by atoms with Gasteiger partial charge in [-0.2, -0.15) is 5.10 Å². The number of hydrogen-bond acceptors (Lipinski definition) is 3. The van der Waals surface area contributed by atoms with Crippen molar-refractivity contribution in [3.05, 3.63) is 34.7 Å². The van der Waals surface area contributed by atoms with Gasteiger partial charge in [-0.3, -0.25) is 4.79 Å². The number of pyridine rings is 1. The van der Waals surface area contributed by atoms with Gasteiger partial charge in [0.05, 0.1) is 5.56 Å². The fraction of sp³-hybridized carbons (Fsp3) is 0.385. The van der Waals surface area contributed by atoms with Crippen molar-refractivity contribution in [2.45, 2.75) is 25.9 Å². The molecule has 0 bridgehead atoms. The molecule has 94 valence electrons. The van der Waals surface area contributed by atoms with Crippen LogP contribution in [0, 0.1) is 0 Å². The van der Waals surface area contributed by atoms with Gasteiger partial charge in [0.1, 0.15) is 11.5 Å². The Labute approximate surface area is 105 Å². The lowest BCUT2D eigenvalue weighted by Crippen LogP contribution is -2.25. The fourth-order valence-corrected chi connectivity index (χ4v) is 2.27. The summed E-state index contributed by atoms with van der Waals surface area (Å²) in [7, 11) is 1.75. The van der Waals surface area contributed by atoms with E-state index in [2.05, 4.69) is 17.3 Å². The molecule has 1 aliphatic rings. The Balaban J connectivity index is 2.08. The molecule has 0 spiro atoms. The highest BCUT2D eigenvalue weighted by molar-refractivity contribution is 5.62. The first-order chi connectivity index (χ1) is 8.65. The Bertz CT molecular complexity index is 641. The first kappa shape index (κ1) is 11.1. The molecule has 5 nitrogen and oxygen atoms in total. The summed E-state index contributed by atoms with van der Waals surface area (Å²) in [5.74, 6) is 0.995. The van der Waals surface area contributed by atoms with Crippen molar-refractivity contribution in [2.75, 3.05) is 5.32 Å². The zero-order valence-corrected chi connectivity index (χ0v) is 10.6. The molecule has 2 aromatic rings. The third kappa shape index (κ3) is 1.72. The van der Waals surface area contributed by atoms with E-state index >= 15 is 0 Å². The lowest BCUT2D eigenvalue weighted by Gasteiger charge is -2.21. The van der Waals surface area contributed by atoms with Crippen molar-refractivity contribution in [1.29, 1.82) is 0 Å². The normalized spacial score (nSPS) is 18.2. The van der Waals surface area contributed by atoms with Crippen molar-refractivity contribution >= 4 is 5.82 Å². The van der Waals surface area contributed by atoms with E-state index in [9.17, 15) is 4.79 Å². The summed E-state index contributed by atoms with van der Waals surface area (Å²) in [5, 5.41) is 7.87. The lowest BCUT2D eigenvalue weighted by atomic mass is 10.2. The molecule has 0 saturated carbocycles. The van der Waals surface area contributed by atoms with Gasteiger partial charge in [0.25, 0.3) is 5.56 Å². The van der Waals surface area contributed by atoms with E-state index in [0.29, 0.717) is 11.6 Å². The molecule has 1 unspecified atom stereocenters. The van der Waals surface area contributed by atoms with Crippen molar-refractivity contribution in [3.63, 3.8) is 0 Å². The number of hydrogen-bond donors (Lipinski definition) is 1. The molecule has 0 aromatic carbocycles. The molecule has 2 aromatic heterocycles. The monoisotopic (exact) mass is 244 g/mol. The van der Waals surface area contributed by atoms with Crippen LogP contribution in [0.1, 0.15) is 13.3 Å². The molecule has 0 radical (unpaired) electrons. The topological polar surface area (TPSA) is 51.9 Å². The highest BCUT2D eigenvalue weighted by atomic mass is 16.1. The number of nitrogens with one attached hydrogen (secondary N) is 1. The number of fused-ring (bicyclic) bond motifs is 1. The zero-order valence-electron chi connectivity index (χ0n) is 10.6. The van der Waals surface area contributed by atoms with E-state index in [4.69, 9.17) is 0 Å². The molecule has 3 heterocycles. The van der Waals surface area contributed by atoms with Gasteiger partial charge in [0.15, 0.2) is 0 Å². The summed E-state index contributed by atoms with van der Waals surface area (Å²) in [5.41, 5.74) is 1.38. The molecule has 0 saturated heterocycles. The van der Waals surface area contributed by atoms with E-state index in [1.54, 1.807) is 17.8 Å². The Morgan fingerprint density at radius 3 is 3.17 bits per heavy atom. The summed E-state index contributed by atoms with van der Waals surface area (Å²) in [6.07, 6.45) is 2.81. The summed E-state index contributed by atoms with van der Waals surface area (Å²) in [6.45, 7) is 3.05. The Hall–Kier alpha value is -2.04. The lowest BCUT2D eigenvalue weighted by molar-refractivity contribution is 0.513. The van der Waals surface area contributed by atoms with Crippen LogP contribution >= 0.6 is 0 Å². The largest absolute Gasteiger partial charge is 0.368 e. The maximum absolute atomic E-state index is 12.0. The van der Waals surface area contributed by atoms with Gasteiger partial charge in [0.2, 0.25) is 0 Å². The van der Waals surface area contributed by atoms with Crippen molar-refractivity contribution in [3.8, 4) is 11.3 Å².